The highest BCUT2D eigenvalue weighted by molar-refractivity contribution is 7.98. The maximum absolute atomic E-state index is 13.6. The average Bonchev–Trinajstić information content (AvgIpc) is 3.40. The maximum Gasteiger partial charge on any atom is 0.437 e. The summed E-state index contributed by atoms with van der Waals surface area (Å²) in [7, 11) is 0. The monoisotopic (exact) mass is 466 g/mol. The second-order valence-corrected chi connectivity index (χ2v) is 8.71. The third-order valence-electron chi connectivity index (χ3n) is 5.65. The number of carbonyl (C=O) groups excluding carboxylic acids is 2. The molecule has 11 heteroatoms. The number of thioether (sulfide) groups is 1. The lowest BCUT2D eigenvalue weighted by Gasteiger charge is -2.27. The number of ketones is 1. The molecule has 2 aliphatic heterocycles. The topological polar surface area (TPSA) is 114 Å². The Hall–Kier alpha value is -3.44. The number of nitrogens with one attached hydrogen (secondary N) is 1. The van der Waals surface area contributed by atoms with Crippen LogP contribution in [0.3, 0.4) is 0 Å². The van der Waals surface area contributed by atoms with Crippen molar-refractivity contribution in [2.24, 2.45) is 0 Å². The van der Waals surface area contributed by atoms with Crippen LogP contribution in [0, 0.1) is 0 Å². The Kier molecular flexibility index (Phi) is 5.51. The van der Waals surface area contributed by atoms with Crippen LogP contribution in [0.25, 0.3) is 11.5 Å². The number of amides is 1. The summed E-state index contributed by atoms with van der Waals surface area (Å²) >= 11 is 1.54. The summed E-state index contributed by atoms with van der Waals surface area (Å²) in [4.78, 5) is 45.6. The molecule has 1 fully saturated rings. The zero-order valence-electron chi connectivity index (χ0n) is 18.1. The van der Waals surface area contributed by atoms with Gasteiger partial charge in [0, 0.05) is 24.3 Å². The molecule has 1 amide bonds. The van der Waals surface area contributed by atoms with Gasteiger partial charge in [0.2, 0.25) is 5.89 Å². The number of rotatable bonds is 5. The third kappa shape index (κ3) is 3.93. The van der Waals surface area contributed by atoms with Gasteiger partial charge in [-0.15, -0.1) is 16.9 Å². The summed E-state index contributed by atoms with van der Waals surface area (Å²) in [6.45, 7) is 3.22. The van der Waals surface area contributed by atoms with E-state index in [4.69, 9.17) is 9.40 Å². The number of benzene rings is 1. The lowest BCUT2D eigenvalue weighted by Crippen LogP contribution is -2.45. The van der Waals surface area contributed by atoms with E-state index in [9.17, 15) is 14.4 Å². The number of hydrogen-bond acceptors (Lipinski definition) is 9. The highest BCUT2D eigenvalue weighted by Crippen LogP contribution is 2.32. The smallest absolute Gasteiger partial charge is 0.388 e. The summed E-state index contributed by atoms with van der Waals surface area (Å²) in [5, 5.41) is 8.44. The Balaban J connectivity index is 1.54. The van der Waals surface area contributed by atoms with Crippen LogP contribution in [-0.4, -0.2) is 58.5 Å². The molecule has 0 radical (unpaired) electrons. The molecule has 170 valence electrons. The number of aromatic nitrogens is 3. The van der Waals surface area contributed by atoms with Gasteiger partial charge in [0.05, 0.1) is 23.3 Å². The second kappa shape index (κ2) is 8.49. The molecule has 0 aliphatic carbocycles. The van der Waals surface area contributed by atoms with Gasteiger partial charge in [0.15, 0.2) is 5.78 Å². The van der Waals surface area contributed by atoms with E-state index in [1.165, 1.54) is 18.7 Å². The second-order valence-electron chi connectivity index (χ2n) is 7.89. The number of nitrogens with zero attached hydrogens (tertiary/aromatic N) is 5. The number of anilines is 2. The van der Waals surface area contributed by atoms with Crippen molar-refractivity contribution in [1.82, 2.24) is 20.1 Å². The molecule has 1 N–H and O–H groups in total. The first kappa shape index (κ1) is 21.4. The molecule has 1 aromatic carbocycles. The fourth-order valence-electron chi connectivity index (χ4n) is 4.13. The standard InChI is InChI=1S/C22H22N6O4S/c1-13(29)11-28-22(31)32-20(25-28)14-4-3-5-15(10-14)27-12-17-23-8-9-26(17)19-16(21(27)30)6-7-18(24-19)33-2/h3-7,10,17,23H,8-9,11-12H2,1-2H3/t17-/m0/s1. The highest BCUT2D eigenvalue weighted by Gasteiger charge is 2.37. The summed E-state index contributed by atoms with van der Waals surface area (Å²) in [5.74, 6) is -0.271. The maximum atomic E-state index is 13.6. The largest absolute Gasteiger partial charge is 0.437 e. The SMILES string of the molecule is CSc1ccc2c(n1)N1CCN[C@@H]1CN(c1cccc(-c3nn(CC(C)=O)c(=O)o3)c1)C2=O. The fraction of sp³-hybridized carbons (Fsp3) is 0.318. The van der Waals surface area contributed by atoms with Crippen LogP contribution in [0.15, 0.2) is 50.6 Å². The van der Waals surface area contributed by atoms with Crippen molar-refractivity contribution in [3.63, 3.8) is 0 Å². The Bertz CT molecular complexity index is 1300. The summed E-state index contributed by atoms with van der Waals surface area (Å²) in [6, 6.07) is 10.8. The Labute approximate surface area is 193 Å². The number of hydrogen-bond donors (Lipinski definition) is 1. The van der Waals surface area contributed by atoms with Crippen molar-refractivity contribution in [1.29, 1.82) is 0 Å². The molecule has 0 bridgehead atoms. The van der Waals surface area contributed by atoms with Gasteiger partial charge in [0.1, 0.15) is 12.4 Å². The summed E-state index contributed by atoms with van der Waals surface area (Å²) in [5.41, 5.74) is 1.73. The zero-order valence-corrected chi connectivity index (χ0v) is 19.0. The van der Waals surface area contributed by atoms with Gasteiger partial charge in [-0.3, -0.25) is 14.9 Å². The molecule has 10 nitrogen and oxygen atoms in total. The molecule has 5 rings (SSSR count). The third-order valence-corrected chi connectivity index (χ3v) is 6.30. The average molecular weight is 467 g/mol. The van der Waals surface area contributed by atoms with Gasteiger partial charge in [-0.05, 0) is 43.5 Å². The van der Waals surface area contributed by atoms with E-state index in [0.717, 1.165) is 22.8 Å². The molecule has 0 spiro atoms. The van der Waals surface area contributed by atoms with Gasteiger partial charge in [-0.2, -0.15) is 4.68 Å². The Morgan fingerprint density at radius 2 is 2.12 bits per heavy atom. The highest BCUT2D eigenvalue weighted by atomic mass is 32.2. The van der Waals surface area contributed by atoms with Gasteiger partial charge in [-0.1, -0.05) is 6.07 Å². The lowest BCUT2D eigenvalue weighted by molar-refractivity contribution is -0.117. The molecule has 0 unspecified atom stereocenters. The van der Waals surface area contributed by atoms with Crippen LogP contribution < -0.4 is 20.9 Å². The van der Waals surface area contributed by atoms with E-state index in [1.54, 1.807) is 23.1 Å². The number of carbonyl (C=O) groups is 2. The van der Waals surface area contributed by atoms with Crippen LogP contribution in [0.4, 0.5) is 11.5 Å². The minimum absolute atomic E-state index is 0.0730. The molecule has 1 saturated heterocycles. The minimum Gasteiger partial charge on any atom is -0.388 e. The first-order valence-corrected chi connectivity index (χ1v) is 11.7. The van der Waals surface area contributed by atoms with E-state index in [-0.39, 0.29) is 30.3 Å². The molecular formula is C22H22N6O4S. The molecule has 4 heterocycles. The van der Waals surface area contributed by atoms with Gasteiger partial charge >= 0.3 is 5.76 Å². The van der Waals surface area contributed by atoms with E-state index < -0.39 is 5.76 Å². The lowest BCUT2D eigenvalue weighted by atomic mass is 10.1. The number of Topliss-reactive ketones (excluding diaryl/α,β-unsaturated/α-hetero) is 1. The van der Waals surface area contributed by atoms with Crippen molar-refractivity contribution >= 4 is 35.0 Å². The van der Waals surface area contributed by atoms with Gasteiger partial charge in [0.25, 0.3) is 5.91 Å². The van der Waals surface area contributed by atoms with E-state index in [2.05, 4.69) is 15.3 Å². The molecule has 2 aromatic heterocycles. The van der Waals surface area contributed by atoms with E-state index in [0.29, 0.717) is 29.2 Å². The molecule has 3 aromatic rings. The predicted molar refractivity (Wildman–Crippen MR) is 124 cm³/mol. The summed E-state index contributed by atoms with van der Waals surface area (Å²) < 4.78 is 6.25. The first-order chi connectivity index (χ1) is 15.9. The number of pyridine rings is 1. The molecular weight excluding hydrogens is 444 g/mol. The van der Waals surface area contributed by atoms with Crippen molar-refractivity contribution in [2.75, 3.05) is 35.7 Å². The van der Waals surface area contributed by atoms with Crippen LogP contribution in [0.5, 0.6) is 0 Å². The summed E-state index contributed by atoms with van der Waals surface area (Å²) in [6.07, 6.45) is 1.89. The van der Waals surface area contributed by atoms with Crippen LogP contribution in [-0.2, 0) is 11.3 Å². The first-order valence-electron chi connectivity index (χ1n) is 10.5. The fourth-order valence-corrected chi connectivity index (χ4v) is 4.51. The quantitative estimate of drug-likeness (QED) is 0.560. The van der Waals surface area contributed by atoms with Gasteiger partial charge < -0.3 is 14.2 Å². The molecule has 2 aliphatic rings. The van der Waals surface area contributed by atoms with Crippen molar-refractivity contribution in [2.45, 2.75) is 24.7 Å². The van der Waals surface area contributed by atoms with E-state index >= 15 is 0 Å². The van der Waals surface area contributed by atoms with Crippen molar-refractivity contribution in [3.8, 4) is 11.5 Å². The molecule has 33 heavy (non-hydrogen) atoms. The minimum atomic E-state index is -0.702. The Morgan fingerprint density at radius 1 is 1.27 bits per heavy atom. The molecule has 0 saturated carbocycles. The van der Waals surface area contributed by atoms with Crippen molar-refractivity contribution in [3.05, 3.63) is 52.5 Å². The van der Waals surface area contributed by atoms with Crippen LogP contribution in [0.2, 0.25) is 0 Å². The molecule has 1 atom stereocenters. The van der Waals surface area contributed by atoms with Crippen LogP contribution >= 0.6 is 11.8 Å². The Morgan fingerprint density at radius 3 is 2.91 bits per heavy atom. The zero-order chi connectivity index (χ0) is 23.1. The van der Waals surface area contributed by atoms with Gasteiger partial charge in [-0.25, -0.2) is 9.78 Å². The normalized spacial score (nSPS) is 17.6. The predicted octanol–water partition coefficient (Wildman–Crippen LogP) is 1.61. The van der Waals surface area contributed by atoms with E-state index in [1.807, 2.05) is 24.5 Å². The number of fused-ring (bicyclic) bond motifs is 3. The van der Waals surface area contributed by atoms with Crippen molar-refractivity contribution < 1.29 is 14.0 Å². The van der Waals surface area contributed by atoms with Crippen LogP contribution in [0.1, 0.15) is 17.3 Å².